The highest BCUT2D eigenvalue weighted by molar-refractivity contribution is 6.14. The maximum atomic E-state index is 12.6. The molecule has 2 aromatic rings. The second-order valence-electron chi connectivity index (χ2n) is 6.93. The molecule has 0 bridgehead atoms. The summed E-state index contributed by atoms with van der Waals surface area (Å²) in [4.78, 5) is 24.3. The number of Topliss-reactive ketones (excluding diaryl/α,β-unsaturated/α-hetero) is 1. The predicted octanol–water partition coefficient (Wildman–Crippen LogP) is 4.76. The Balaban J connectivity index is 1.76. The van der Waals surface area contributed by atoms with E-state index in [1.807, 2.05) is 24.3 Å². The van der Waals surface area contributed by atoms with Crippen LogP contribution in [0.3, 0.4) is 0 Å². The molecule has 5 heteroatoms. The molecular formula is C23H24O5. The highest BCUT2D eigenvalue weighted by Gasteiger charge is 2.28. The zero-order valence-corrected chi connectivity index (χ0v) is 16.5. The number of hydrogen-bond acceptors (Lipinski definition) is 5. The number of allylic oxidation sites excluding steroid dienone is 1. The third-order valence-corrected chi connectivity index (χ3v) is 4.47. The molecule has 1 heterocycles. The van der Waals surface area contributed by atoms with Gasteiger partial charge in [0.2, 0.25) is 5.78 Å². The molecule has 0 N–H and O–H groups in total. The Kier molecular flexibility index (Phi) is 5.83. The van der Waals surface area contributed by atoms with Gasteiger partial charge in [0, 0.05) is 6.07 Å². The number of carbonyl (C=O) groups is 2. The largest absolute Gasteiger partial charge is 0.479 e. The minimum absolute atomic E-state index is 0.173. The fourth-order valence-electron chi connectivity index (χ4n) is 2.88. The maximum Gasteiger partial charge on any atom is 0.347 e. The number of ether oxygens (including phenoxy) is 3. The summed E-state index contributed by atoms with van der Waals surface area (Å²) in [5.74, 6) is 0.963. The molecule has 2 aromatic carbocycles. The summed E-state index contributed by atoms with van der Waals surface area (Å²) < 4.78 is 16.3. The third-order valence-electron chi connectivity index (χ3n) is 4.47. The van der Waals surface area contributed by atoms with Crippen molar-refractivity contribution in [2.24, 2.45) is 0 Å². The average Bonchev–Trinajstić information content (AvgIpc) is 2.97. The molecule has 5 nitrogen and oxygen atoms in total. The Bertz CT molecular complexity index is 909. The summed E-state index contributed by atoms with van der Waals surface area (Å²) in [6, 6.07) is 12.9. The van der Waals surface area contributed by atoms with Gasteiger partial charge in [-0.25, -0.2) is 4.79 Å². The second-order valence-corrected chi connectivity index (χ2v) is 6.93. The maximum absolute atomic E-state index is 12.6. The molecule has 0 radical (unpaired) electrons. The Morgan fingerprint density at radius 2 is 1.82 bits per heavy atom. The molecule has 0 amide bonds. The van der Waals surface area contributed by atoms with Gasteiger partial charge < -0.3 is 14.2 Å². The van der Waals surface area contributed by atoms with Crippen LogP contribution >= 0.6 is 0 Å². The van der Waals surface area contributed by atoms with E-state index in [1.54, 1.807) is 38.1 Å². The highest BCUT2D eigenvalue weighted by atomic mass is 16.6. The number of rotatable bonds is 6. The van der Waals surface area contributed by atoms with Crippen molar-refractivity contribution in [2.75, 3.05) is 6.61 Å². The molecule has 0 unspecified atom stereocenters. The second kappa shape index (κ2) is 8.30. The fourth-order valence-corrected chi connectivity index (χ4v) is 2.88. The molecule has 1 atom stereocenters. The lowest BCUT2D eigenvalue weighted by atomic mass is 10.0. The SMILES string of the molecule is CCOC(=O)[C@@H](C)Oc1ccc2c(c1)O/C(=C\c1ccc(C(C)C)cc1)C2=O. The minimum atomic E-state index is -0.746. The molecule has 0 fully saturated rings. The summed E-state index contributed by atoms with van der Waals surface area (Å²) >= 11 is 0. The van der Waals surface area contributed by atoms with Crippen molar-refractivity contribution in [1.82, 2.24) is 0 Å². The summed E-state index contributed by atoms with van der Waals surface area (Å²) in [6.45, 7) is 7.92. The van der Waals surface area contributed by atoms with Crippen molar-refractivity contribution in [1.29, 1.82) is 0 Å². The zero-order chi connectivity index (χ0) is 20.3. The Labute approximate surface area is 164 Å². The molecule has 3 rings (SSSR count). The first-order valence-electron chi connectivity index (χ1n) is 9.40. The molecule has 1 aliphatic heterocycles. The number of hydrogen-bond donors (Lipinski definition) is 0. The van der Waals surface area contributed by atoms with Crippen molar-refractivity contribution in [3.63, 3.8) is 0 Å². The molecule has 1 aliphatic rings. The van der Waals surface area contributed by atoms with E-state index in [-0.39, 0.29) is 11.5 Å². The van der Waals surface area contributed by atoms with Gasteiger partial charge >= 0.3 is 5.97 Å². The van der Waals surface area contributed by atoms with Gasteiger partial charge in [0.25, 0.3) is 0 Å². The third kappa shape index (κ3) is 4.25. The fraction of sp³-hybridized carbons (Fsp3) is 0.304. The van der Waals surface area contributed by atoms with Gasteiger partial charge in [-0.2, -0.15) is 0 Å². The van der Waals surface area contributed by atoms with Crippen molar-refractivity contribution >= 4 is 17.8 Å². The molecule has 146 valence electrons. The van der Waals surface area contributed by atoms with Crippen molar-refractivity contribution in [3.8, 4) is 11.5 Å². The van der Waals surface area contributed by atoms with Crippen LogP contribution in [-0.2, 0) is 9.53 Å². The number of fused-ring (bicyclic) bond motifs is 1. The predicted molar refractivity (Wildman–Crippen MR) is 107 cm³/mol. The van der Waals surface area contributed by atoms with Crippen molar-refractivity contribution < 1.29 is 23.8 Å². The van der Waals surface area contributed by atoms with E-state index in [0.29, 0.717) is 29.6 Å². The van der Waals surface area contributed by atoms with Crippen LogP contribution < -0.4 is 9.47 Å². The Hall–Kier alpha value is -3.08. The van der Waals surface area contributed by atoms with Crippen LogP contribution in [0.5, 0.6) is 11.5 Å². The Morgan fingerprint density at radius 3 is 2.46 bits per heavy atom. The zero-order valence-electron chi connectivity index (χ0n) is 16.5. The monoisotopic (exact) mass is 380 g/mol. The first-order chi connectivity index (χ1) is 13.4. The van der Waals surface area contributed by atoms with Crippen LogP contribution in [-0.4, -0.2) is 24.5 Å². The van der Waals surface area contributed by atoms with Crippen LogP contribution in [0.25, 0.3) is 6.08 Å². The van der Waals surface area contributed by atoms with E-state index in [1.165, 1.54) is 5.56 Å². The quantitative estimate of drug-likeness (QED) is 0.534. The molecule has 0 aliphatic carbocycles. The summed E-state index contributed by atoms with van der Waals surface area (Å²) in [7, 11) is 0. The van der Waals surface area contributed by atoms with Crippen LogP contribution in [0.1, 0.15) is 55.1 Å². The van der Waals surface area contributed by atoms with E-state index < -0.39 is 12.1 Å². The van der Waals surface area contributed by atoms with Gasteiger partial charge in [-0.1, -0.05) is 38.1 Å². The van der Waals surface area contributed by atoms with Crippen LogP contribution in [0.15, 0.2) is 48.2 Å². The molecule has 0 saturated heterocycles. The minimum Gasteiger partial charge on any atom is -0.479 e. The highest BCUT2D eigenvalue weighted by Crippen LogP contribution is 2.35. The van der Waals surface area contributed by atoms with E-state index in [9.17, 15) is 9.59 Å². The summed E-state index contributed by atoms with van der Waals surface area (Å²) in [5, 5.41) is 0. The van der Waals surface area contributed by atoms with E-state index >= 15 is 0 Å². The number of ketones is 1. The van der Waals surface area contributed by atoms with Gasteiger partial charge in [-0.05, 0) is 49.1 Å². The lowest BCUT2D eigenvalue weighted by Crippen LogP contribution is -2.26. The van der Waals surface area contributed by atoms with Gasteiger partial charge in [0.15, 0.2) is 11.9 Å². The van der Waals surface area contributed by atoms with Gasteiger partial charge in [0.05, 0.1) is 12.2 Å². The lowest BCUT2D eigenvalue weighted by Gasteiger charge is -2.13. The first kappa shape index (κ1) is 19.7. The van der Waals surface area contributed by atoms with Crippen molar-refractivity contribution in [2.45, 2.75) is 39.7 Å². The lowest BCUT2D eigenvalue weighted by molar-refractivity contribution is -0.150. The number of benzene rings is 2. The smallest absolute Gasteiger partial charge is 0.347 e. The van der Waals surface area contributed by atoms with Gasteiger partial charge in [-0.3, -0.25) is 4.79 Å². The average molecular weight is 380 g/mol. The number of carbonyl (C=O) groups excluding carboxylic acids is 2. The Morgan fingerprint density at radius 1 is 1.11 bits per heavy atom. The number of esters is 1. The molecule has 0 aromatic heterocycles. The molecule has 0 saturated carbocycles. The molecule has 28 heavy (non-hydrogen) atoms. The molecule has 0 spiro atoms. The van der Waals surface area contributed by atoms with E-state index in [2.05, 4.69) is 13.8 Å². The standard InChI is InChI=1S/C23H24O5/c1-5-26-23(25)15(4)27-18-10-11-19-20(13-18)28-21(22(19)24)12-16-6-8-17(9-7-16)14(2)3/h6-15H,5H2,1-4H3/b21-12-/t15-/m1/s1. The van der Waals surface area contributed by atoms with Crippen molar-refractivity contribution in [3.05, 3.63) is 64.9 Å². The van der Waals surface area contributed by atoms with E-state index in [0.717, 1.165) is 5.56 Å². The normalized spacial score (nSPS) is 15.3. The van der Waals surface area contributed by atoms with Gasteiger partial charge in [-0.15, -0.1) is 0 Å². The topological polar surface area (TPSA) is 61.8 Å². The van der Waals surface area contributed by atoms with E-state index in [4.69, 9.17) is 14.2 Å². The van der Waals surface area contributed by atoms with Crippen LogP contribution in [0, 0.1) is 0 Å². The summed E-state index contributed by atoms with van der Waals surface area (Å²) in [5.41, 5.74) is 2.61. The van der Waals surface area contributed by atoms with Crippen LogP contribution in [0.4, 0.5) is 0 Å². The van der Waals surface area contributed by atoms with Gasteiger partial charge in [0.1, 0.15) is 11.5 Å². The molecular weight excluding hydrogens is 356 g/mol. The summed E-state index contributed by atoms with van der Waals surface area (Å²) in [6.07, 6.45) is 0.985. The van der Waals surface area contributed by atoms with Crippen LogP contribution in [0.2, 0.25) is 0 Å². The first-order valence-corrected chi connectivity index (χ1v) is 9.40.